The highest BCUT2D eigenvalue weighted by Gasteiger charge is 2.62. The molecule has 0 saturated heterocycles. The monoisotopic (exact) mass is 402 g/mol. The van der Waals surface area contributed by atoms with Crippen molar-refractivity contribution in [1.82, 2.24) is 0 Å². The van der Waals surface area contributed by atoms with E-state index in [9.17, 15) is 14.7 Å². The number of hydrogen-bond donors (Lipinski definition) is 1. The third kappa shape index (κ3) is 2.98. The summed E-state index contributed by atoms with van der Waals surface area (Å²) >= 11 is 0. The molecule has 0 aromatic carbocycles. The second-order valence-corrected chi connectivity index (χ2v) is 10.6. The van der Waals surface area contributed by atoms with Crippen LogP contribution >= 0.6 is 0 Å². The van der Waals surface area contributed by atoms with Crippen LogP contribution in [0.25, 0.3) is 0 Å². The van der Waals surface area contributed by atoms with Gasteiger partial charge in [0.2, 0.25) is 0 Å². The quantitative estimate of drug-likeness (QED) is 0.712. The maximum absolute atomic E-state index is 12.0. The Morgan fingerprint density at radius 1 is 1.10 bits per heavy atom. The summed E-state index contributed by atoms with van der Waals surface area (Å²) in [4.78, 5) is 23.0. The molecule has 0 amide bonds. The Bertz CT molecular complexity index is 744. The molecule has 0 radical (unpaired) electrons. The largest absolute Gasteiger partial charge is 0.463 e. The second-order valence-electron chi connectivity index (χ2n) is 10.6. The molecule has 0 aromatic rings. The van der Waals surface area contributed by atoms with Crippen LogP contribution in [0.15, 0.2) is 11.6 Å². The molecule has 1 aliphatic heterocycles. The van der Waals surface area contributed by atoms with Gasteiger partial charge in [-0.1, -0.05) is 6.92 Å². The minimum Gasteiger partial charge on any atom is -0.463 e. The number of hydrogen-bond acceptors (Lipinski definition) is 5. The van der Waals surface area contributed by atoms with Crippen molar-refractivity contribution in [3.63, 3.8) is 0 Å². The Balaban J connectivity index is 1.36. The second kappa shape index (κ2) is 6.83. The molecule has 0 bridgehead atoms. The minimum absolute atomic E-state index is 0.0734. The van der Waals surface area contributed by atoms with Crippen molar-refractivity contribution in [2.24, 2.45) is 35.0 Å². The van der Waals surface area contributed by atoms with Gasteiger partial charge >= 0.3 is 11.9 Å². The van der Waals surface area contributed by atoms with Crippen molar-refractivity contribution >= 4 is 11.9 Å². The number of rotatable bonds is 2. The van der Waals surface area contributed by atoms with Gasteiger partial charge in [-0.3, -0.25) is 4.79 Å². The van der Waals surface area contributed by atoms with Gasteiger partial charge in [0, 0.05) is 13.0 Å². The zero-order valence-electron chi connectivity index (χ0n) is 17.7. The summed E-state index contributed by atoms with van der Waals surface area (Å²) in [6.07, 6.45) is 11.0. The zero-order chi connectivity index (χ0) is 20.4. The summed E-state index contributed by atoms with van der Waals surface area (Å²) in [7, 11) is 0. The molecule has 5 heteroatoms. The Morgan fingerprint density at radius 3 is 2.59 bits per heavy atom. The summed E-state index contributed by atoms with van der Waals surface area (Å²) in [6.45, 7) is 4.37. The van der Waals surface area contributed by atoms with Crippen LogP contribution < -0.4 is 0 Å². The molecule has 0 aromatic heterocycles. The van der Waals surface area contributed by atoms with E-state index < -0.39 is 5.60 Å². The number of ether oxygens (including phenoxy) is 2. The maximum Gasteiger partial charge on any atom is 0.331 e. The van der Waals surface area contributed by atoms with Gasteiger partial charge in [-0.2, -0.15) is 0 Å². The fourth-order valence-electron chi connectivity index (χ4n) is 8.27. The smallest absolute Gasteiger partial charge is 0.331 e. The van der Waals surface area contributed by atoms with Gasteiger partial charge in [0.15, 0.2) is 0 Å². The van der Waals surface area contributed by atoms with Crippen molar-refractivity contribution in [2.45, 2.75) is 83.3 Å². The molecule has 1 heterocycles. The van der Waals surface area contributed by atoms with Crippen LogP contribution in [0.5, 0.6) is 0 Å². The highest BCUT2D eigenvalue weighted by Crippen LogP contribution is 2.65. The predicted molar refractivity (Wildman–Crippen MR) is 107 cm³/mol. The number of carbonyl (C=O) groups excluding carboxylic acids is 2. The van der Waals surface area contributed by atoms with Crippen LogP contribution in [0, 0.1) is 35.0 Å². The van der Waals surface area contributed by atoms with Gasteiger partial charge in [0.1, 0.15) is 12.7 Å². The molecule has 8 atom stereocenters. The Kier molecular flexibility index (Phi) is 4.61. The topological polar surface area (TPSA) is 72.8 Å². The molecule has 5 unspecified atom stereocenters. The number of esters is 2. The van der Waals surface area contributed by atoms with Gasteiger partial charge < -0.3 is 14.6 Å². The van der Waals surface area contributed by atoms with E-state index in [1.165, 1.54) is 13.3 Å². The molecule has 29 heavy (non-hydrogen) atoms. The Hall–Kier alpha value is -1.36. The fourth-order valence-corrected chi connectivity index (χ4v) is 8.27. The SMILES string of the molecule is CC(=O)O[C@H]1CC[C@@]2(C)C(CCC3C2CCC2[C@@H](C4=CC(=O)OC4)CCC32O)C1. The third-order valence-corrected chi connectivity index (χ3v) is 9.55. The normalized spacial score (nSPS) is 48.8. The van der Waals surface area contributed by atoms with E-state index in [1.807, 2.05) is 0 Å². The van der Waals surface area contributed by atoms with Crippen molar-refractivity contribution in [2.75, 3.05) is 6.61 Å². The van der Waals surface area contributed by atoms with Gasteiger partial charge in [0.25, 0.3) is 0 Å². The van der Waals surface area contributed by atoms with E-state index in [0.29, 0.717) is 30.3 Å². The van der Waals surface area contributed by atoms with Crippen molar-refractivity contribution < 1.29 is 24.2 Å². The number of aliphatic hydroxyl groups is 1. The van der Waals surface area contributed by atoms with Crippen LogP contribution in [0.3, 0.4) is 0 Å². The van der Waals surface area contributed by atoms with E-state index in [0.717, 1.165) is 56.9 Å². The lowest BCUT2D eigenvalue weighted by molar-refractivity contribution is -0.183. The first-order valence-corrected chi connectivity index (χ1v) is 11.6. The van der Waals surface area contributed by atoms with E-state index >= 15 is 0 Å². The standard InChI is InChI=1S/C24H34O5/c1-14(25)29-17-7-9-23(2)16(12-17)3-4-21-20(23)6-5-19-18(8-10-24(19,21)27)15-11-22(26)28-13-15/h11,16-21,27H,3-10,12-13H2,1-2H3/t16?,17-,18+,19?,20?,21?,23-,24?/m0/s1. The lowest BCUT2D eigenvalue weighted by Gasteiger charge is -2.61. The molecule has 5 rings (SSSR count). The van der Waals surface area contributed by atoms with Crippen LogP contribution in [-0.2, 0) is 19.1 Å². The fraction of sp³-hybridized carbons (Fsp3) is 0.833. The first kappa shape index (κ1) is 19.6. The molecule has 5 nitrogen and oxygen atoms in total. The summed E-state index contributed by atoms with van der Waals surface area (Å²) in [6, 6.07) is 0. The molecule has 4 saturated carbocycles. The third-order valence-electron chi connectivity index (χ3n) is 9.55. The van der Waals surface area contributed by atoms with E-state index in [4.69, 9.17) is 9.47 Å². The highest BCUT2D eigenvalue weighted by molar-refractivity contribution is 5.85. The Morgan fingerprint density at radius 2 is 1.86 bits per heavy atom. The van der Waals surface area contributed by atoms with Crippen molar-refractivity contribution in [1.29, 1.82) is 0 Å². The lowest BCUT2D eigenvalue weighted by Crippen LogP contribution is -2.58. The van der Waals surface area contributed by atoms with Crippen LogP contribution in [-0.4, -0.2) is 35.4 Å². The molecule has 160 valence electrons. The minimum atomic E-state index is -0.596. The predicted octanol–water partition coefficient (Wildman–Crippen LogP) is 3.79. The van der Waals surface area contributed by atoms with Gasteiger partial charge in [-0.15, -0.1) is 0 Å². The summed E-state index contributed by atoms with van der Waals surface area (Å²) in [5.74, 6) is 1.68. The highest BCUT2D eigenvalue weighted by atomic mass is 16.5. The van der Waals surface area contributed by atoms with E-state index in [2.05, 4.69) is 6.92 Å². The Labute approximate surface area is 173 Å². The van der Waals surface area contributed by atoms with Gasteiger partial charge in [-0.25, -0.2) is 4.79 Å². The first-order valence-electron chi connectivity index (χ1n) is 11.6. The van der Waals surface area contributed by atoms with Crippen molar-refractivity contribution in [3.05, 3.63) is 11.6 Å². The maximum atomic E-state index is 12.0. The van der Waals surface area contributed by atoms with Gasteiger partial charge in [0.05, 0.1) is 5.60 Å². The van der Waals surface area contributed by atoms with E-state index in [1.54, 1.807) is 6.08 Å². The average Bonchev–Trinajstić information content (AvgIpc) is 3.24. The lowest BCUT2D eigenvalue weighted by atomic mass is 9.46. The molecular weight excluding hydrogens is 368 g/mol. The summed E-state index contributed by atoms with van der Waals surface area (Å²) in [5, 5.41) is 12.0. The molecule has 1 N–H and O–H groups in total. The molecular formula is C24H34O5. The number of fused-ring (bicyclic) bond motifs is 5. The van der Waals surface area contributed by atoms with Gasteiger partial charge in [-0.05, 0) is 98.4 Å². The molecule has 4 aliphatic carbocycles. The first-order chi connectivity index (χ1) is 13.8. The van der Waals surface area contributed by atoms with Crippen molar-refractivity contribution in [3.8, 4) is 0 Å². The summed E-state index contributed by atoms with van der Waals surface area (Å²) < 4.78 is 10.7. The zero-order valence-corrected chi connectivity index (χ0v) is 17.7. The number of carbonyl (C=O) groups is 2. The number of cyclic esters (lactones) is 1. The average molecular weight is 403 g/mol. The van der Waals surface area contributed by atoms with E-state index in [-0.39, 0.29) is 29.4 Å². The molecule has 4 fully saturated rings. The van der Waals surface area contributed by atoms with Crippen LogP contribution in [0.4, 0.5) is 0 Å². The molecule has 5 aliphatic rings. The summed E-state index contributed by atoms with van der Waals surface area (Å²) in [5.41, 5.74) is 0.751. The molecule has 0 spiro atoms. The van der Waals surface area contributed by atoms with Crippen LogP contribution in [0.1, 0.15) is 71.6 Å². The van der Waals surface area contributed by atoms with Crippen LogP contribution in [0.2, 0.25) is 0 Å².